The summed E-state index contributed by atoms with van der Waals surface area (Å²) in [6, 6.07) is 10.5. The summed E-state index contributed by atoms with van der Waals surface area (Å²) in [6.45, 7) is 9.12. The molecule has 1 fully saturated rings. The van der Waals surface area contributed by atoms with Gasteiger partial charge in [-0.05, 0) is 58.9 Å². The summed E-state index contributed by atoms with van der Waals surface area (Å²) in [4.78, 5) is 0. The molecular weight excluding hydrogens is 283 g/mol. The molecule has 21 heavy (non-hydrogen) atoms. The van der Waals surface area contributed by atoms with Crippen LogP contribution in [-0.2, 0) is 20.0 Å². The van der Waals surface area contributed by atoms with Gasteiger partial charge in [-0.15, -0.1) is 0 Å². The number of aryl methyl sites for hydroxylation is 1. The van der Waals surface area contributed by atoms with Gasteiger partial charge in [-0.3, -0.25) is 0 Å². The Labute approximate surface area is 130 Å². The smallest absolute Gasteiger partial charge is 0.312 e. The molecule has 1 heterocycles. The summed E-state index contributed by atoms with van der Waals surface area (Å²) in [5.74, 6) is 0. The van der Waals surface area contributed by atoms with Crippen LogP contribution < -0.4 is 0 Å². The summed E-state index contributed by atoms with van der Waals surface area (Å²) in [5, 5.41) is 0. The van der Waals surface area contributed by atoms with E-state index in [4.69, 9.17) is 13.6 Å². The molecule has 0 saturated carbocycles. The second kappa shape index (κ2) is 7.19. The fraction of sp³-hybridized carbons (Fsp3) is 0.647. The maximum atomic E-state index is 6.01. The zero-order valence-electron chi connectivity index (χ0n) is 13.6. The average molecular weight is 310 g/mol. The number of hydrogen-bond acceptors (Lipinski definition) is 3. The Hall–Kier alpha value is -0.470. The number of hydrogen-bond donors (Lipinski definition) is 0. The van der Waals surface area contributed by atoms with Crippen LogP contribution in [0.3, 0.4) is 0 Å². The van der Waals surface area contributed by atoms with Crippen molar-refractivity contribution in [3.63, 3.8) is 0 Å². The van der Waals surface area contributed by atoms with E-state index in [0.29, 0.717) is 6.61 Å². The van der Waals surface area contributed by atoms with Crippen LogP contribution in [0.5, 0.6) is 0 Å². The van der Waals surface area contributed by atoms with Crippen molar-refractivity contribution in [1.82, 2.24) is 0 Å². The van der Waals surface area contributed by atoms with Crippen LogP contribution >= 0.6 is 8.60 Å². The van der Waals surface area contributed by atoms with E-state index in [1.807, 2.05) is 6.07 Å². The molecule has 1 aliphatic rings. The predicted octanol–water partition coefficient (Wildman–Crippen LogP) is 5.25. The summed E-state index contributed by atoms with van der Waals surface area (Å²) in [5.41, 5.74) is 1.01. The molecule has 0 amide bonds. The molecule has 1 saturated heterocycles. The van der Waals surface area contributed by atoms with Crippen LogP contribution in [0.25, 0.3) is 0 Å². The largest absolute Gasteiger partial charge is 0.333 e. The molecule has 2 rings (SSSR count). The quantitative estimate of drug-likeness (QED) is 0.549. The molecule has 0 unspecified atom stereocenters. The monoisotopic (exact) mass is 310 g/mol. The highest BCUT2D eigenvalue weighted by molar-refractivity contribution is 7.41. The third kappa shape index (κ3) is 6.04. The standard InChI is InChI=1S/C17H27O3P/c1-16(2)12-13-17(3,4)20-21(19-16)18-14-8-11-15-9-6-5-7-10-15/h5-7,9-10H,8,11-14H2,1-4H3. The molecule has 1 aromatic rings. The van der Waals surface area contributed by atoms with Crippen molar-refractivity contribution in [2.45, 2.75) is 64.6 Å². The third-order valence-electron chi connectivity index (χ3n) is 3.62. The zero-order valence-corrected chi connectivity index (χ0v) is 14.5. The van der Waals surface area contributed by atoms with Crippen LogP contribution in [0.2, 0.25) is 0 Å². The Morgan fingerprint density at radius 1 is 1.00 bits per heavy atom. The van der Waals surface area contributed by atoms with Gasteiger partial charge in [-0.2, -0.15) is 0 Å². The first-order valence-corrected chi connectivity index (χ1v) is 8.81. The summed E-state index contributed by atoms with van der Waals surface area (Å²) in [6.07, 6.45) is 3.99. The fourth-order valence-corrected chi connectivity index (χ4v) is 3.64. The molecule has 4 heteroatoms. The van der Waals surface area contributed by atoms with Crippen molar-refractivity contribution < 1.29 is 13.6 Å². The van der Waals surface area contributed by atoms with Gasteiger partial charge in [0.05, 0.1) is 17.8 Å². The van der Waals surface area contributed by atoms with E-state index in [9.17, 15) is 0 Å². The minimum absolute atomic E-state index is 0.168. The predicted molar refractivity (Wildman–Crippen MR) is 87.2 cm³/mol. The molecule has 3 nitrogen and oxygen atoms in total. The first-order chi connectivity index (χ1) is 9.86. The minimum Gasteiger partial charge on any atom is -0.312 e. The van der Waals surface area contributed by atoms with E-state index in [0.717, 1.165) is 25.7 Å². The second-order valence-electron chi connectivity index (χ2n) is 6.85. The Morgan fingerprint density at radius 3 is 2.14 bits per heavy atom. The molecule has 1 aliphatic heterocycles. The van der Waals surface area contributed by atoms with Gasteiger partial charge in [0, 0.05) is 0 Å². The van der Waals surface area contributed by atoms with Gasteiger partial charge >= 0.3 is 8.60 Å². The number of rotatable bonds is 5. The highest BCUT2D eigenvalue weighted by Crippen LogP contribution is 2.52. The van der Waals surface area contributed by atoms with Crippen LogP contribution in [0, 0.1) is 0 Å². The van der Waals surface area contributed by atoms with Gasteiger partial charge in [0.25, 0.3) is 0 Å². The van der Waals surface area contributed by atoms with E-state index in [-0.39, 0.29) is 11.2 Å². The minimum atomic E-state index is -1.25. The molecule has 0 radical (unpaired) electrons. The normalized spacial score (nSPS) is 21.9. The Kier molecular flexibility index (Phi) is 5.79. The maximum Gasteiger partial charge on any atom is 0.333 e. The van der Waals surface area contributed by atoms with E-state index < -0.39 is 8.60 Å². The molecule has 0 aromatic heterocycles. The average Bonchev–Trinajstić information content (AvgIpc) is 2.52. The summed E-state index contributed by atoms with van der Waals surface area (Å²) >= 11 is 0. The van der Waals surface area contributed by atoms with Crippen molar-refractivity contribution in [3.05, 3.63) is 35.9 Å². The molecular formula is C17H27O3P. The van der Waals surface area contributed by atoms with Gasteiger partial charge in [0.1, 0.15) is 0 Å². The number of benzene rings is 1. The second-order valence-corrected chi connectivity index (χ2v) is 7.92. The highest BCUT2D eigenvalue weighted by Gasteiger charge is 2.37. The topological polar surface area (TPSA) is 27.7 Å². The van der Waals surface area contributed by atoms with Crippen molar-refractivity contribution in [2.24, 2.45) is 0 Å². The van der Waals surface area contributed by atoms with Crippen molar-refractivity contribution in [3.8, 4) is 0 Å². The van der Waals surface area contributed by atoms with Crippen molar-refractivity contribution in [2.75, 3.05) is 6.61 Å². The lowest BCUT2D eigenvalue weighted by Gasteiger charge is -2.26. The van der Waals surface area contributed by atoms with Crippen LogP contribution in [-0.4, -0.2) is 17.8 Å². The van der Waals surface area contributed by atoms with Crippen LogP contribution in [0.4, 0.5) is 0 Å². The molecule has 118 valence electrons. The Bertz CT molecular complexity index is 413. The SMILES string of the molecule is CC1(C)CCC(C)(C)OP(OCCCc2ccccc2)O1. The van der Waals surface area contributed by atoms with Crippen LogP contribution in [0.15, 0.2) is 30.3 Å². The molecule has 0 atom stereocenters. The highest BCUT2D eigenvalue weighted by atomic mass is 31.2. The molecule has 0 aliphatic carbocycles. The lowest BCUT2D eigenvalue weighted by Crippen LogP contribution is -2.23. The lowest BCUT2D eigenvalue weighted by atomic mass is 9.94. The maximum absolute atomic E-state index is 6.01. The third-order valence-corrected chi connectivity index (χ3v) is 5.30. The summed E-state index contributed by atoms with van der Waals surface area (Å²) in [7, 11) is -1.25. The van der Waals surface area contributed by atoms with E-state index in [1.54, 1.807) is 0 Å². The molecule has 0 bridgehead atoms. The molecule has 0 spiro atoms. The Balaban J connectivity index is 1.78. The van der Waals surface area contributed by atoms with E-state index >= 15 is 0 Å². The first kappa shape index (κ1) is 16.9. The summed E-state index contributed by atoms with van der Waals surface area (Å²) < 4.78 is 17.9. The molecule has 1 aromatic carbocycles. The zero-order chi connectivity index (χ0) is 15.3. The first-order valence-electron chi connectivity index (χ1n) is 7.72. The van der Waals surface area contributed by atoms with Gasteiger partial charge in [0.2, 0.25) is 0 Å². The van der Waals surface area contributed by atoms with Gasteiger partial charge < -0.3 is 13.6 Å². The van der Waals surface area contributed by atoms with Crippen LogP contribution in [0.1, 0.15) is 52.5 Å². The van der Waals surface area contributed by atoms with Gasteiger partial charge in [-0.25, -0.2) is 0 Å². The van der Waals surface area contributed by atoms with Gasteiger partial charge in [0.15, 0.2) is 0 Å². The lowest BCUT2D eigenvalue weighted by molar-refractivity contribution is 0.0581. The van der Waals surface area contributed by atoms with E-state index in [2.05, 4.69) is 52.0 Å². The van der Waals surface area contributed by atoms with Gasteiger partial charge in [-0.1, -0.05) is 30.3 Å². The van der Waals surface area contributed by atoms with Crippen molar-refractivity contribution >= 4 is 8.60 Å². The Morgan fingerprint density at radius 2 is 1.57 bits per heavy atom. The van der Waals surface area contributed by atoms with Crippen molar-refractivity contribution in [1.29, 1.82) is 0 Å². The fourth-order valence-electron chi connectivity index (χ4n) is 2.23. The van der Waals surface area contributed by atoms with E-state index in [1.165, 1.54) is 5.56 Å². The molecule has 0 N–H and O–H groups in total.